The van der Waals surface area contributed by atoms with Crippen molar-refractivity contribution in [2.45, 2.75) is 52.6 Å². The highest BCUT2D eigenvalue weighted by Crippen LogP contribution is 2.78. The Kier molecular flexibility index (Phi) is 1.98. The Bertz CT molecular complexity index is 349. The maximum Gasteiger partial charge on any atom is 0.0625 e. The van der Waals surface area contributed by atoms with Crippen molar-refractivity contribution in [2.24, 2.45) is 29.1 Å². The lowest BCUT2D eigenvalue weighted by Gasteiger charge is -2.35. The van der Waals surface area contributed by atoms with Crippen LogP contribution in [-0.4, -0.2) is 10.7 Å². The average molecular weight is 220 g/mol. The van der Waals surface area contributed by atoms with Crippen molar-refractivity contribution in [2.75, 3.05) is 0 Å². The zero-order valence-electron chi connectivity index (χ0n) is 11.0. The van der Waals surface area contributed by atoms with Crippen molar-refractivity contribution in [3.8, 4) is 0 Å². The van der Waals surface area contributed by atoms with Gasteiger partial charge in [0.15, 0.2) is 0 Å². The van der Waals surface area contributed by atoms with E-state index in [9.17, 15) is 5.11 Å². The quantitative estimate of drug-likeness (QED) is 0.672. The van der Waals surface area contributed by atoms with Crippen LogP contribution < -0.4 is 0 Å². The summed E-state index contributed by atoms with van der Waals surface area (Å²) in [5, 5.41) is 10.3. The molecular formula is C15H24O. The van der Waals surface area contributed by atoms with Gasteiger partial charge in [-0.3, -0.25) is 0 Å². The fourth-order valence-corrected chi connectivity index (χ4v) is 5.04. The number of hydrogen-bond donors (Lipinski definition) is 1. The van der Waals surface area contributed by atoms with E-state index >= 15 is 0 Å². The molecule has 16 heavy (non-hydrogen) atoms. The second kappa shape index (κ2) is 2.93. The molecule has 0 aromatic rings. The summed E-state index contributed by atoms with van der Waals surface area (Å²) in [7, 11) is 0. The van der Waals surface area contributed by atoms with Crippen LogP contribution in [0.25, 0.3) is 0 Å². The van der Waals surface area contributed by atoms with E-state index in [0.717, 1.165) is 24.2 Å². The van der Waals surface area contributed by atoms with Crippen molar-refractivity contribution in [3.63, 3.8) is 0 Å². The summed E-state index contributed by atoms with van der Waals surface area (Å²) in [5.74, 6) is 3.02. The van der Waals surface area contributed by atoms with Crippen LogP contribution >= 0.6 is 0 Å². The van der Waals surface area contributed by atoms with Gasteiger partial charge < -0.3 is 5.11 Å². The first kappa shape index (κ1) is 10.8. The molecule has 0 unspecified atom stereocenters. The first-order chi connectivity index (χ1) is 7.39. The molecule has 0 saturated heterocycles. The molecule has 2 fully saturated rings. The van der Waals surface area contributed by atoms with Gasteiger partial charge in [-0.05, 0) is 69.1 Å². The zero-order valence-corrected chi connectivity index (χ0v) is 11.0. The Hall–Kier alpha value is -0.300. The summed E-state index contributed by atoms with van der Waals surface area (Å²) in [6.45, 7) is 8.73. The molecule has 5 atom stereocenters. The van der Waals surface area contributed by atoms with Gasteiger partial charge in [-0.25, -0.2) is 0 Å². The summed E-state index contributed by atoms with van der Waals surface area (Å²) in [6.07, 6.45) is 6.27. The highest BCUT2D eigenvalue weighted by Gasteiger charge is 2.73. The predicted octanol–water partition coefficient (Wildman–Crippen LogP) is 3.39. The van der Waals surface area contributed by atoms with Crippen LogP contribution in [0.15, 0.2) is 11.6 Å². The third kappa shape index (κ3) is 1.11. The number of rotatable bonds is 1. The highest BCUT2D eigenvalue weighted by molar-refractivity contribution is 5.36. The standard InChI is InChI=1S/C15H24O/c1-9-7-8-15-10(2)5-6-11(14(3,4)16)13(15)12(9)15/h5,9,11-13,16H,6-8H2,1-4H3/t9-,11-,12+,13-,15-/m1/s1. The minimum Gasteiger partial charge on any atom is -0.390 e. The molecule has 0 bridgehead atoms. The van der Waals surface area contributed by atoms with Gasteiger partial charge in [-0.15, -0.1) is 0 Å². The van der Waals surface area contributed by atoms with Gasteiger partial charge in [0, 0.05) is 0 Å². The van der Waals surface area contributed by atoms with Gasteiger partial charge in [0.1, 0.15) is 0 Å². The Morgan fingerprint density at radius 3 is 2.69 bits per heavy atom. The van der Waals surface area contributed by atoms with E-state index in [1.165, 1.54) is 12.8 Å². The minimum absolute atomic E-state index is 0.490. The Morgan fingerprint density at radius 2 is 2.06 bits per heavy atom. The van der Waals surface area contributed by atoms with Crippen LogP contribution in [0, 0.1) is 29.1 Å². The SMILES string of the molecule is CC1=CC[C@@H](C(C)(C)O)[C@@H]2[C@@H]3[C@H](C)CC[C@@]132. The van der Waals surface area contributed by atoms with Crippen molar-refractivity contribution in [1.82, 2.24) is 0 Å². The van der Waals surface area contributed by atoms with E-state index in [-0.39, 0.29) is 0 Å². The summed E-state index contributed by atoms with van der Waals surface area (Å²) in [6, 6.07) is 0. The van der Waals surface area contributed by atoms with Crippen LogP contribution in [0.4, 0.5) is 0 Å². The molecule has 2 saturated carbocycles. The lowest BCUT2D eigenvalue weighted by Crippen LogP contribution is -2.36. The lowest BCUT2D eigenvalue weighted by molar-refractivity contribution is -0.00369. The van der Waals surface area contributed by atoms with Gasteiger partial charge in [0.05, 0.1) is 5.60 Å². The van der Waals surface area contributed by atoms with Crippen molar-refractivity contribution in [3.05, 3.63) is 11.6 Å². The molecule has 90 valence electrons. The maximum atomic E-state index is 10.3. The molecule has 1 heteroatoms. The normalized spacial score (nSPS) is 50.7. The Balaban J connectivity index is 1.97. The Morgan fingerprint density at radius 1 is 1.38 bits per heavy atom. The third-order valence-electron chi connectivity index (χ3n) is 5.85. The summed E-state index contributed by atoms with van der Waals surface area (Å²) in [4.78, 5) is 0. The van der Waals surface area contributed by atoms with Crippen molar-refractivity contribution >= 4 is 0 Å². The molecule has 0 heterocycles. The fraction of sp³-hybridized carbons (Fsp3) is 0.867. The molecule has 1 spiro atoms. The summed E-state index contributed by atoms with van der Waals surface area (Å²) >= 11 is 0. The molecular weight excluding hydrogens is 196 g/mol. The van der Waals surface area contributed by atoms with E-state index < -0.39 is 5.60 Å². The van der Waals surface area contributed by atoms with E-state index in [1.807, 2.05) is 13.8 Å². The molecule has 0 radical (unpaired) electrons. The summed E-state index contributed by atoms with van der Waals surface area (Å²) in [5.41, 5.74) is 1.65. The zero-order chi connectivity index (χ0) is 11.7. The van der Waals surface area contributed by atoms with Crippen molar-refractivity contribution in [1.29, 1.82) is 0 Å². The van der Waals surface area contributed by atoms with E-state index in [1.54, 1.807) is 5.57 Å². The molecule has 0 amide bonds. The van der Waals surface area contributed by atoms with Crippen molar-refractivity contribution < 1.29 is 5.11 Å². The maximum absolute atomic E-state index is 10.3. The first-order valence-corrected chi connectivity index (χ1v) is 6.78. The third-order valence-corrected chi connectivity index (χ3v) is 5.85. The van der Waals surface area contributed by atoms with E-state index in [0.29, 0.717) is 11.3 Å². The van der Waals surface area contributed by atoms with Gasteiger partial charge in [-0.1, -0.05) is 18.6 Å². The van der Waals surface area contributed by atoms with Crippen LogP contribution in [0.1, 0.15) is 47.0 Å². The van der Waals surface area contributed by atoms with Crippen LogP contribution in [0.3, 0.4) is 0 Å². The van der Waals surface area contributed by atoms with Crippen LogP contribution in [-0.2, 0) is 0 Å². The topological polar surface area (TPSA) is 20.2 Å². The lowest BCUT2D eigenvalue weighted by atomic mass is 9.73. The van der Waals surface area contributed by atoms with Gasteiger partial charge in [-0.2, -0.15) is 0 Å². The number of aliphatic hydroxyl groups is 1. The monoisotopic (exact) mass is 220 g/mol. The molecule has 1 N–H and O–H groups in total. The number of hydrogen-bond acceptors (Lipinski definition) is 1. The largest absolute Gasteiger partial charge is 0.390 e. The molecule has 0 aromatic heterocycles. The van der Waals surface area contributed by atoms with E-state index in [2.05, 4.69) is 19.9 Å². The first-order valence-electron chi connectivity index (χ1n) is 6.78. The number of fused-ring (bicyclic) bond motifs is 1. The fourth-order valence-electron chi connectivity index (χ4n) is 5.04. The Labute approximate surface area is 98.9 Å². The van der Waals surface area contributed by atoms with Crippen LogP contribution in [0.5, 0.6) is 0 Å². The van der Waals surface area contributed by atoms with E-state index in [4.69, 9.17) is 0 Å². The van der Waals surface area contributed by atoms with Gasteiger partial charge >= 0.3 is 0 Å². The second-order valence-electron chi connectivity index (χ2n) is 6.99. The molecule has 3 aliphatic carbocycles. The molecule has 3 aliphatic rings. The predicted molar refractivity (Wildman–Crippen MR) is 66.0 cm³/mol. The molecule has 3 rings (SSSR count). The average Bonchev–Trinajstić information content (AvgIpc) is 2.73. The van der Waals surface area contributed by atoms with Gasteiger partial charge in [0.25, 0.3) is 0 Å². The molecule has 1 nitrogen and oxygen atoms in total. The van der Waals surface area contributed by atoms with Gasteiger partial charge in [0.2, 0.25) is 0 Å². The summed E-state index contributed by atoms with van der Waals surface area (Å²) < 4.78 is 0. The minimum atomic E-state index is -0.501. The number of allylic oxidation sites excluding steroid dienone is 2. The molecule has 0 aromatic carbocycles. The second-order valence-corrected chi connectivity index (χ2v) is 6.99. The molecule has 0 aliphatic heterocycles. The van der Waals surface area contributed by atoms with Crippen LogP contribution in [0.2, 0.25) is 0 Å². The highest BCUT2D eigenvalue weighted by atomic mass is 16.3. The smallest absolute Gasteiger partial charge is 0.0625 e.